The van der Waals surface area contributed by atoms with Gasteiger partial charge in [0, 0.05) is 20.3 Å². The highest BCUT2D eigenvalue weighted by atomic mass is 32.5. The van der Waals surface area contributed by atoms with Gasteiger partial charge in [-0.05, 0) is 11.8 Å². The van der Waals surface area contributed by atoms with E-state index in [2.05, 4.69) is 4.74 Å². The summed E-state index contributed by atoms with van der Waals surface area (Å²) >= 11 is 4.91. The molecule has 0 unspecified atom stereocenters. The number of hydrogen-bond acceptors (Lipinski definition) is 6. The molecule has 0 aromatic carbocycles. The molecule has 0 aromatic rings. The number of rotatable bonds is 6. The fourth-order valence-corrected chi connectivity index (χ4v) is 1.34. The third-order valence-electron chi connectivity index (χ3n) is 1.23. The minimum atomic E-state index is -2.62. The average Bonchev–Trinajstić information content (AvgIpc) is 2.23. The van der Waals surface area contributed by atoms with E-state index in [0.717, 1.165) is 0 Å². The van der Waals surface area contributed by atoms with Crippen molar-refractivity contribution in [3.05, 3.63) is 12.2 Å². The van der Waals surface area contributed by atoms with Gasteiger partial charge in [-0.1, -0.05) is 6.08 Å². The lowest BCUT2D eigenvalue weighted by Crippen LogP contribution is -1.97. The van der Waals surface area contributed by atoms with Gasteiger partial charge >= 0.3 is 12.7 Å². The Hall–Kier alpha value is -0.260. The molecule has 14 heavy (non-hydrogen) atoms. The molecule has 0 aromatic heterocycles. The van der Waals surface area contributed by atoms with Crippen LogP contribution in [0, 0.1) is 0 Å². The van der Waals surface area contributed by atoms with Gasteiger partial charge < -0.3 is 18.3 Å². The van der Waals surface area contributed by atoms with E-state index in [1.54, 1.807) is 0 Å². The zero-order valence-corrected chi connectivity index (χ0v) is 9.97. The maximum Gasteiger partial charge on any atom is 0.330 e. The monoisotopic (exact) mass is 240 g/mol. The summed E-state index contributed by atoms with van der Waals surface area (Å²) in [5, 5.41) is 0. The Balaban J connectivity index is 3.89. The van der Waals surface area contributed by atoms with Gasteiger partial charge in [0.1, 0.15) is 0 Å². The van der Waals surface area contributed by atoms with Crippen LogP contribution in [0.1, 0.15) is 0 Å². The first kappa shape index (κ1) is 13.7. The Morgan fingerprint density at radius 1 is 1.36 bits per heavy atom. The van der Waals surface area contributed by atoms with Crippen molar-refractivity contribution in [2.75, 3.05) is 27.9 Å². The molecule has 0 amide bonds. The highest BCUT2D eigenvalue weighted by molar-refractivity contribution is 8.07. The maximum absolute atomic E-state index is 10.6. The predicted molar refractivity (Wildman–Crippen MR) is 55.4 cm³/mol. The molecule has 0 aliphatic heterocycles. The molecule has 0 spiro atoms. The van der Waals surface area contributed by atoms with Gasteiger partial charge in [0.15, 0.2) is 0 Å². The molecule has 0 saturated heterocycles. The lowest BCUT2D eigenvalue weighted by atomic mass is 10.5. The van der Waals surface area contributed by atoms with Gasteiger partial charge in [0.05, 0.1) is 13.7 Å². The van der Waals surface area contributed by atoms with E-state index < -0.39 is 12.7 Å². The Kier molecular flexibility index (Phi) is 6.96. The van der Waals surface area contributed by atoms with Crippen molar-refractivity contribution in [1.29, 1.82) is 0 Å². The van der Waals surface area contributed by atoms with Crippen LogP contribution in [0.5, 0.6) is 0 Å². The summed E-state index contributed by atoms with van der Waals surface area (Å²) in [5.74, 6) is -0.447. The number of carbonyl (C=O) groups excluding carboxylic acids is 1. The van der Waals surface area contributed by atoms with Crippen LogP contribution in [0.4, 0.5) is 0 Å². The standard InChI is InChI=1S/C7H13O5PS/c1-9-7(8)5-4-6-12-13(14,10-2)11-3/h4-5H,6H2,1-3H3. The van der Waals surface area contributed by atoms with Crippen LogP contribution in [-0.4, -0.2) is 33.9 Å². The molecular weight excluding hydrogens is 227 g/mol. The second kappa shape index (κ2) is 7.09. The number of hydrogen-bond donors (Lipinski definition) is 0. The number of esters is 1. The van der Waals surface area contributed by atoms with E-state index in [-0.39, 0.29) is 6.61 Å². The molecule has 0 radical (unpaired) electrons. The highest BCUT2D eigenvalue weighted by Crippen LogP contribution is 2.47. The number of methoxy groups -OCH3 is 1. The average molecular weight is 240 g/mol. The first-order chi connectivity index (χ1) is 6.58. The fraction of sp³-hybridized carbons (Fsp3) is 0.571. The van der Waals surface area contributed by atoms with Crippen LogP contribution < -0.4 is 0 Å². The first-order valence-corrected chi connectivity index (χ1v) is 6.24. The van der Waals surface area contributed by atoms with Crippen molar-refractivity contribution in [1.82, 2.24) is 0 Å². The second-order valence-electron chi connectivity index (χ2n) is 2.03. The molecule has 0 atom stereocenters. The summed E-state index contributed by atoms with van der Waals surface area (Å²) < 4.78 is 19.2. The van der Waals surface area contributed by atoms with Crippen LogP contribution in [0.25, 0.3) is 0 Å². The van der Waals surface area contributed by atoms with Crippen molar-refractivity contribution in [3.63, 3.8) is 0 Å². The zero-order chi connectivity index (χ0) is 11.0. The Bertz CT molecular complexity index is 244. The lowest BCUT2D eigenvalue weighted by molar-refractivity contribution is -0.134. The molecule has 0 heterocycles. The molecule has 0 aliphatic carbocycles. The van der Waals surface area contributed by atoms with Gasteiger partial charge in [0.25, 0.3) is 0 Å². The van der Waals surface area contributed by atoms with Gasteiger partial charge in [-0.15, -0.1) is 0 Å². The van der Waals surface area contributed by atoms with Crippen LogP contribution in [0.3, 0.4) is 0 Å². The van der Waals surface area contributed by atoms with E-state index in [0.29, 0.717) is 0 Å². The lowest BCUT2D eigenvalue weighted by Gasteiger charge is -2.15. The third kappa shape index (κ3) is 5.47. The van der Waals surface area contributed by atoms with Crippen molar-refractivity contribution >= 4 is 24.5 Å². The van der Waals surface area contributed by atoms with Crippen molar-refractivity contribution < 1.29 is 23.1 Å². The molecule has 0 rings (SSSR count). The highest BCUT2D eigenvalue weighted by Gasteiger charge is 2.14. The Labute approximate surface area is 88.2 Å². The van der Waals surface area contributed by atoms with Crippen LogP contribution >= 0.6 is 6.72 Å². The minimum absolute atomic E-state index is 0.147. The van der Waals surface area contributed by atoms with Crippen molar-refractivity contribution in [2.45, 2.75) is 0 Å². The molecule has 5 nitrogen and oxygen atoms in total. The van der Waals surface area contributed by atoms with Gasteiger partial charge in [-0.25, -0.2) is 4.79 Å². The fourth-order valence-electron chi connectivity index (χ4n) is 0.527. The molecule has 0 saturated carbocycles. The molecule has 0 fully saturated rings. The summed E-state index contributed by atoms with van der Waals surface area (Å²) in [5.41, 5.74) is 0. The molecule has 82 valence electrons. The third-order valence-corrected chi connectivity index (χ3v) is 3.80. The van der Waals surface area contributed by atoms with E-state index in [9.17, 15) is 4.79 Å². The quantitative estimate of drug-likeness (QED) is 0.395. The normalized spacial score (nSPS) is 11.9. The molecule has 0 N–H and O–H groups in total. The zero-order valence-electron chi connectivity index (χ0n) is 8.26. The summed E-state index contributed by atoms with van der Waals surface area (Å²) in [6.07, 6.45) is 2.72. The smallest absolute Gasteiger partial charge is 0.330 e. The predicted octanol–water partition coefficient (Wildman–Crippen LogP) is 1.25. The summed E-state index contributed by atoms with van der Waals surface area (Å²) in [6.45, 7) is -2.47. The summed E-state index contributed by atoms with van der Waals surface area (Å²) in [7, 11) is 4.12. The van der Waals surface area contributed by atoms with Gasteiger partial charge in [0.2, 0.25) is 0 Å². The Morgan fingerprint density at radius 3 is 2.36 bits per heavy atom. The van der Waals surface area contributed by atoms with Crippen LogP contribution in [-0.2, 0) is 34.9 Å². The van der Waals surface area contributed by atoms with Gasteiger partial charge in [-0.3, -0.25) is 0 Å². The van der Waals surface area contributed by atoms with E-state index in [1.807, 2.05) is 0 Å². The number of ether oxygens (including phenoxy) is 1. The minimum Gasteiger partial charge on any atom is -0.466 e. The first-order valence-electron chi connectivity index (χ1n) is 3.68. The summed E-state index contributed by atoms with van der Waals surface area (Å²) in [6, 6.07) is 0. The topological polar surface area (TPSA) is 54.0 Å². The van der Waals surface area contributed by atoms with Gasteiger partial charge in [-0.2, -0.15) is 0 Å². The second-order valence-corrected chi connectivity index (χ2v) is 5.26. The molecular formula is C7H13O5PS. The van der Waals surface area contributed by atoms with Crippen LogP contribution in [0.15, 0.2) is 12.2 Å². The molecule has 7 heteroatoms. The Morgan fingerprint density at radius 2 is 1.93 bits per heavy atom. The molecule has 0 bridgehead atoms. The maximum atomic E-state index is 10.6. The SMILES string of the molecule is COC(=O)C=CCOP(=S)(OC)OC. The van der Waals surface area contributed by atoms with E-state index >= 15 is 0 Å². The van der Waals surface area contributed by atoms with E-state index in [1.165, 1.54) is 33.5 Å². The number of carbonyl (C=O) groups is 1. The van der Waals surface area contributed by atoms with Crippen LogP contribution in [0.2, 0.25) is 0 Å². The van der Waals surface area contributed by atoms with Crippen molar-refractivity contribution in [2.24, 2.45) is 0 Å². The summed E-state index contributed by atoms with van der Waals surface area (Å²) in [4.78, 5) is 10.6. The molecule has 0 aliphatic rings. The van der Waals surface area contributed by atoms with E-state index in [4.69, 9.17) is 25.4 Å². The van der Waals surface area contributed by atoms with Crippen molar-refractivity contribution in [3.8, 4) is 0 Å². The largest absolute Gasteiger partial charge is 0.466 e.